The molecule has 0 spiro atoms. The zero-order valence-corrected chi connectivity index (χ0v) is 8.08. The lowest BCUT2D eigenvalue weighted by Crippen LogP contribution is -1.99. The Labute approximate surface area is 69.3 Å². The van der Waals surface area contributed by atoms with Crippen LogP contribution in [0.25, 0.3) is 0 Å². The molecular formula is C10H17N. The van der Waals surface area contributed by atoms with Gasteiger partial charge in [-0.1, -0.05) is 11.6 Å². The lowest BCUT2D eigenvalue weighted by atomic mass is 9.99. The van der Waals surface area contributed by atoms with Crippen molar-refractivity contribution in [1.29, 1.82) is 5.41 Å². The van der Waals surface area contributed by atoms with Crippen LogP contribution < -0.4 is 0 Å². The lowest BCUT2D eigenvalue weighted by Gasteiger charge is -2.07. The summed E-state index contributed by atoms with van der Waals surface area (Å²) < 4.78 is 0. The Morgan fingerprint density at radius 1 is 1.09 bits per heavy atom. The summed E-state index contributed by atoms with van der Waals surface area (Å²) in [6, 6.07) is 0. The molecular weight excluding hydrogens is 134 g/mol. The van der Waals surface area contributed by atoms with Gasteiger partial charge in [0.25, 0.3) is 0 Å². The van der Waals surface area contributed by atoms with E-state index >= 15 is 0 Å². The van der Waals surface area contributed by atoms with Crippen LogP contribution in [0.3, 0.4) is 0 Å². The van der Waals surface area contributed by atoms with Crippen LogP contribution in [0, 0.1) is 5.41 Å². The topological polar surface area (TPSA) is 23.9 Å². The third-order valence-corrected chi connectivity index (χ3v) is 1.70. The summed E-state index contributed by atoms with van der Waals surface area (Å²) in [5.41, 5.74) is 4.15. The van der Waals surface area contributed by atoms with E-state index in [1.807, 2.05) is 40.7 Å². The van der Waals surface area contributed by atoms with Gasteiger partial charge in [0, 0.05) is 5.71 Å². The molecule has 0 aromatic rings. The Kier molecular flexibility index (Phi) is 3.80. The van der Waals surface area contributed by atoms with Crippen LogP contribution in [-0.4, -0.2) is 5.71 Å². The Morgan fingerprint density at radius 3 is 1.64 bits per heavy atom. The highest BCUT2D eigenvalue weighted by Gasteiger charge is 2.02. The predicted octanol–water partition coefficient (Wildman–Crippen LogP) is 3.33. The van der Waals surface area contributed by atoms with Gasteiger partial charge < -0.3 is 5.41 Å². The number of allylic oxidation sites excluding steroid dienone is 4. The summed E-state index contributed by atoms with van der Waals surface area (Å²) in [4.78, 5) is 0. The smallest absolute Gasteiger partial charge is 0.0357 e. The molecule has 0 saturated carbocycles. The maximum absolute atomic E-state index is 7.52. The molecule has 0 atom stereocenters. The largest absolute Gasteiger partial charge is 0.305 e. The van der Waals surface area contributed by atoms with Gasteiger partial charge in [-0.2, -0.15) is 0 Å². The van der Waals surface area contributed by atoms with Gasteiger partial charge in [0.2, 0.25) is 0 Å². The predicted molar refractivity (Wildman–Crippen MR) is 51.2 cm³/mol. The zero-order valence-electron chi connectivity index (χ0n) is 8.08. The molecule has 1 heteroatoms. The fraction of sp³-hybridized carbons (Fsp3) is 0.500. The van der Waals surface area contributed by atoms with Gasteiger partial charge >= 0.3 is 0 Å². The summed E-state index contributed by atoms with van der Waals surface area (Å²) in [6.45, 7) is 9.96. The summed E-state index contributed by atoms with van der Waals surface area (Å²) in [6.07, 6.45) is 2.04. The van der Waals surface area contributed by atoms with Gasteiger partial charge in [-0.3, -0.25) is 0 Å². The fourth-order valence-corrected chi connectivity index (χ4v) is 1.21. The molecule has 0 bridgehead atoms. The highest BCUT2D eigenvalue weighted by atomic mass is 14.4. The first-order chi connectivity index (χ1) is 5.00. The minimum Gasteiger partial charge on any atom is -0.305 e. The van der Waals surface area contributed by atoms with Crippen LogP contribution in [0.1, 0.15) is 34.6 Å². The first kappa shape index (κ1) is 10.2. The average Bonchev–Trinajstić information content (AvgIpc) is 1.85. The molecule has 62 valence electrons. The molecule has 0 heterocycles. The van der Waals surface area contributed by atoms with E-state index in [9.17, 15) is 0 Å². The third kappa shape index (κ3) is 2.71. The maximum atomic E-state index is 7.52. The standard InChI is InChI=1S/C10H17N/c1-6-8(4)10(7(2)3)9(5)11/h6,11H,1-5H3. The molecule has 0 aliphatic carbocycles. The van der Waals surface area contributed by atoms with E-state index < -0.39 is 0 Å². The van der Waals surface area contributed by atoms with Crippen molar-refractivity contribution < 1.29 is 0 Å². The van der Waals surface area contributed by atoms with Gasteiger partial charge in [-0.15, -0.1) is 0 Å². The summed E-state index contributed by atoms with van der Waals surface area (Å²) >= 11 is 0. The number of rotatable bonds is 2. The summed E-state index contributed by atoms with van der Waals surface area (Å²) in [7, 11) is 0. The molecule has 0 amide bonds. The van der Waals surface area contributed by atoms with Crippen molar-refractivity contribution in [2.24, 2.45) is 0 Å². The van der Waals surface area contributed by atoms with Gasteiger partial charge in [0.05, 0.1) is 0 Å². The van der Waals surface area contributed by atoms with E-state index in [-0.39, 0.29) is 0 Å². The summed E-state index contributed by atoms with van der Waals surface area (Å²) in [5, 5.41) is 7.52. The molecule has 0 aliphatic rings. The van der Waals surface area contributed by atoms with Gasteiger partial charge in [-0.05, 0) is 45.8 Å². The van der Waals surface area contributed by atoms with Crippen molar-refractivity contribution in [1.82, 2.24) is 0 Å². The molecule has 0 radical (unpaired) electrons. The van der Waals surface area contributed by atoms with E-state index in [1.54, 1.807) is 0 Å². The molecule has 1 N–H and O–H groups in total. The SMILES string of the molecule is CC=C(C)C(C(C)=N)=C(C)C. The van der Waals surface area contributed by atoms with Gasteiger partial charge in [-0.25, -0.2) is 0 Å². The first-order valence-electron chi connectivity index (χ1n) is 3.87. The van der Waals surface area contributed by atoms with E-state index in [2.05, 4.69) is 0 Å². The monoisotopic (exact) mass is 151 g/mol. The second kappa shape index (κ2) is 4.12. The highest BCUT2D eigenvalue weighted by Crippen LogP contribution is 2.14. The average molecular weight is 151 g/mol. The number of nitrogens with one attached hydrogen (secondary N) is 1. The van der Waals surface area contributed by atoms with Crippen LogP contribution in [0.15, 0.2) is 22.8 Å². The van der Waals surface area contributed by atoms with Crippen LogP contribution in [0.5, 0.6) is 0 Å². The van der Waals surface area contributed by atoms with Crippen molar-refractivity contribution in [3.05, 3.63) is 22.8 Å². The van der Waals surface area contributed by atoms with Crippen LogP contribution in [-0.2, 0) is 0 Å². The maximum Gasteiger partial charge on any atom is 0.0357 e. The normalized spacial score (nSPS) is 11.2. The quantitative estimate of drug-likeness (QED) is 0.462. The molecule has 1 nitrogen and oxygen atoms in total. The molecule has 0 fully saturated rings. The van der Waals surface area contributed by atoms with E-state index in [1.165, 1.54) is 11.1 Å². The zero-order chi connectivity index (χ0) is 9.02. The first-order valence-corrected chi connectivity index (χ1v) is 3.87. The van der Waals surface area contributed by atoms with E-state index in [0.717, 1.165) is 5.57 Å². The van der Waals surface area contributed by atoms with Gasteiger partial charge in [0.15, 0.2) is 0 Å². The van der Waals surface area contributed by atoms with Gasteiger partial charge in [0.1, 0.15) is 0 Å². The van der Waals surface area contributed by atoms with Crippen LogP contribution >= 0.6 is 0 Å². The Hall–Kier alpha value is -0.850. The number of hydrogen-bond acceptors (Lipinski definition) is 1. The second-order valence-corrected chi connectivity index (χ2v) is 2.97. The van der Waals surface area contributed by atoms with Crippen molar-refractivity contribution in [3.63, 3.8) is 0 Å². The molecule has 0 aromatic heterocycles. The minimum atomic E-state index is 0.653. The Balaban J connectivity index is 4.95. The number of hydrogen-bond donors (Lipinski definition) is 1. The van der Waals surface area contributed by atoms with Crippen LogP contribution in [0.4, 0.5) is 0 Å². The molecule has 0 aromatic carbocycles. The molecule has 0 aliphatic heterocycles. The van der Waals surface area contributed by atoms with Crippen LogP contribution in [0.2, 0.25) is 0 Å². The van der Waals surface area contributed by atoms with E-state index in [4.69, 9.17) is 5.41 Å². The molecule has 0 unspecified atom stereocenters. The van der Waals surface area contributed by atoms with Crippen molar-refractivity contribution in [3.8, 4) is 0 Å². The fourth-order valence-electron chi connectivity index (χ4n) is 1.21. The Morgan fingerprint density at radius 2 is 1.55 bits per heavy atom. The lowest BCUT2D eigenvalue weighted by molar-refractivity contribution is 1.27. The summed E-state index contributed by atoms with van der Waals surface area (Å²) in [5.74, 6) is 0. The van der Waals surface area contributed by atoms with Crippen molar-refractivity contribution in [2.45, 2.75) is 34.6 Å². The van der Waals surface area contributed by atoms with E-state index in [0.29, 0.717) is 5.71 Å². The molecule has 0 saturated heterocycles. The second-order valence-electron chi connectivity index (χ2n) is 2.97. The van der Waals surface area contributed by atoms with Crippen molar-refractivity contribution in [2.75, 3.05) is 0 Å². The Bertz CT molecular complexity index is 215. The third-order valence-electron chi connectivity index (χ3n) is 1.70. The molecule has 0 rings (SSSR count). The van der Waals surface area contributed by atoms with Crippen molar-refractivity contribution >= 4 is 5.71 Å². The highest BCUT2D eigenvalue weighted by molar-refractivity contribution is 6.00. The molecule has 11 heavy (non-hydrogen) atoms. The minimum absolute atomic E-state index is 0.653.